The first-order valence-electron chi connectivity index (χ1n) is 5.61. The van der Waals surface area contributed by atoms with Gasteiger partial charge in [0.2, 0.25) is 0 Å². The third kappa shape index (κ3) is 1.80. The number of pyridine rings is 1. The molecule has 4 heteroatoms. The average molecular weight is 238 g/mol. The predicted molar refractivity (Wildman–Crippen MR) is 66.8 cm³/mol. The van der Waals surface area contributed by atoms with Gasteiger partial charge in [-0.3, -0.25) is 4.98 Å². The average Bonchev–Trinajstić information content (AvgIpc) is 2.67. The second-order valence-corrected chi connectivity index (χ2v) is 4.73. The van der Waals surface area contributed by atoms with E-state index < -0.39 is 0 Å². The van der Waals surface area contributed by atoms with Gasteiger partial charge in [-0.1, -0.05) is 6.92 Å². The minimum Gasteiger partial charge on any atom is -0.324 e. The lowest BCUT2D eigenvalue weighted by atomic mass is 10.2. The van der Waals surface area contributed by atoms with Crippen molar-refractivity contribution in [3.63, 3.8) is 0 Å². The van der Waals surface area contributed by atoms with Crippen LogP contribution < -0.4 is 0 Å². The lowest BCUT2D eigenvalue weighted by Gasteiger charge is -2.16. The highest BCUT2D eigenvalue weighted by Gasteiger charge is 2.17. The van der Waals surface area contributed by atoms with E-state index >= 15 is 0 Å². The van der Waals surface area contributed by atoms with Gasteiger partial charge in [-0.15, -0.1) is 11.6 Å². The van der Waals surface area contributed by atoms with Crippen molar-refractivity contribution >= 4 is 22.6 Å². The van der Waals surface area contributed by atoms with Crippen LogP contribution in [0.15, 0.2) is 18.5 Å². The molecule has 0 N–H and O–H groups in total. The highest BCUT2D eigenvalue weighted by Crippen LogP contribution is 2.28. The Balaban J connectivity index is 2.69. The number of nitrogens with zero attached hydrogens (tertiary/aromatic N) is 3. The van der Waals surface area contributed by atoms with Crippen LogP contribution in [0.5, 0.6) is 0 Å². The normalized spacial score (nSPS) is 15.2. The van der Waals surface area contributed by atoms with Crippen molar-refractivity contribution in [2.24, 2.45) is 0 Å². The summed E-state index contributed by atoms with van der Waals surface area (Å²) in [6, 6.07) is 2.40. The standard InChI is InChI=1S/C12H16ClN3/c1-4-8(2)16-11-5-6-14-7-10(11)15-12(16)9(3)13/h5-9H,4H2,1-3H3. The third-order valence-corrected chi connectivity index (χ3v) is 3.10. The van der Waals surface area contributed by atoms with Crippen molar-refractivity contribution in [3.05, 3.63) is 24.3 Å². The maximum atomic E-state index is 6.18. The van der Waals surface area contributed by atoms with Gasteiger partial charge in [0.05, 0.1) is 17.1 Å². The Morgan fingerprint density at radius 1 is 1.44 bits per heavy atom. The molecule has 0 saturated heterocycles. The molecule has 0 aromatic carbocycles. The Morgan fingerprint density at radius 3 is 2.81 bits per heavy atom. The lowest BCUT2D eigenvalue weighted by molar-refractivity contribution is 0.522. The summed E-state index contributed by atoms with van der Waals surface area (Å²) < 4.78 is 2.22. The number of fused-ring (bicyclic) bond motifs is 1. The van der Waals surface area contributed by atoms with Crippen LogP contribution in [0.4, 0.5) is 0 Å². The fraction of sp³-hybridized carbons (Fsp3) is 0.500. The van der Waals surface area contributed by atoms with E-state index in [0.29, 0.717) is 6.04 Å². The smallest absolute Gasteiger partial charge is 0.128 e. The molecule has 0 amide bonds. The van der Waals surface area contributed by atoms with E-state index in [2.05, 4.69) is 28.4 Å². The first-order chi connectivity index (χ1) is 7.65. The van der Waals surface area contributed by atoms with Crippen LogP contribution in [0.25, 0.3) is 11.0 Å². The Labute approximate surface area is 100 Å². The second-order valence-electron chi connectivity index (χ2n) is 4.08. The molecular weight excluding hydrogens is 222 g/mol. The maximum Gasteiger partial charge on any atom is 0.128 e. The molecule has 2 unspecified atom stereocenters. The molecule has 0 spiro atoms. The first kappa shape index (κ1) is 11.4. The zero-order valence-electron chi connectivity index (χ0n) is 9.81. The number of imidazole rings is 1. The summed E-state index contributed by atoms with van der Waals surface area (Å²) in [7, 11) is 0. The molecule has 0 bridgehead atoms. The summed E-state index contributed by atoms with van der Waals surface area (Å²) in [6.45, 7) is 6.31. The number of alkyl halides is 1. The molecule has 0 aliphatic rings. The van der Waals surface area contributed by atoms with E-state index in [1.807, 2.05) is 13.0 Å². The molecule has 0 fully saturated rings. The molecule has 0 aliphatic heterocycles. The van der Waals surface area contributed by atoms with Gasteiger partial charge in [0.25, 0.3) is 0 Å². The van der Waals surface area contributed by atoms with E-state index in [-0.39, 0.29) is 5.38 Å². The molecule has 2 aromatic rings. The van der Waals surface area contributed by atoms with Gasteiger partial charge in [-0.05, 0) is 26.3 Å². The monoisotopic (exact) mass is 237 g/mol. The summed E-state index contributed by atoms with van der Waals surface area (Å²) in [5, 5.41) is -0.0820. The highest BCUT2D eigenvalue weighted by molar-refractivity contribution is 6.20. The molecule has 2 rings (SSSR count). The van der Waals surface area contributed by atoms with Crippen molar-refractivity contribution in [2.75, 3.05) is 0 Å². The molecule has 3 nitrogen and oxygen atoms in total. The topological polar surface area (TPSA) is 30.7 Å². The van der Waals surface area contributed by atoms with Crippen molar-refractivity contribution < 1.29 is 0 Å². The molecule has 16 heavy (non-hydrogen) atoms. The van der Waals surface area contributed by atoms with E-state index in [0.717, 1.165) is 23.3 Å². The SMILES string of the molecule is CCC(C)n1c(C(C)Cl)nc2cnccc21. The minimum absolute atomic E-state index is 0.0820. The van der Waals surface area contributed by atoms with Crippen LogP contribution in [-0.2, 0) is 0 Å². The molecule has 2 aromatic heterocycles. The van der Waals surface area contributed by atoms with Crippen LogP contribution >= 0.6 is 11.6 Å². The number of halogens is 1. The van der Waals surface area contributed by atoms with Gasteiger partial charge < -0.3 is 4.57 Å². The summed E-state index contributed by atoms with van der Waals surface area (Å²) in [5.74, 6) is 0.930. The van der Waals surface area contributed by atoms with Crippen molar-refractivity contribution in [3.8, 4) is 0 Å². The Bertz CT molecular complexity index is 490. The molecular formula is C12H16ClN3. The zero-order valence-corrected chi connectivity index (χ0v) is 10.6. The molecule has 2 atom stereocenters. The van der Waals surface area contributed by atoms with Gasteiger partial charge >= 0.3 is 0 Å². The summed E-state index contributed by atoms with van der Waals surface area (Å²) in [4.78, 5) is 8.64. The highest BCUT2D eigenvalue weighted by atomic mass is 35.5. The number of hydrogen-bond acceptors (Lipinski definition) is 2. The fourth-order valence-corrected chi connectivity index (χ4v) is 2.05. The fourth-order valence-electron chi connectivity index (χ4n) is 1.90. The number of hydrogen-bond donors (Lipinski definition) is 0. The number of rotatable bonds is 3. The summed E-state index contributed by atoms with van der Waals surface area (Å²) >= 11 is 6.18. The Morgan fingerprint density at radius 2 is 2.19 bits per heavy atom. The van der Waals surface area contributed by atoms with Crippen LogP contribution in [0.1, 0.15) is 44.4 Å². The van der Waals surface area contributed by atoms with Crippen LogP contribution in [0.2, 0.25) is 0 Å². The second kappa shape index (κ2) is 4.42. The molecule has 0 aliphatic carbocycles. The van der Waals surface area contributed by atoms with Crippen LogP contribution in [0, 0.1) is 0 Å². The van der Waals surface area contributed by atoms with Gasteiger partial charge in [0, 0.05) is 12.2 Å². The maximum absolute atomic E-state index is 6.18. The van der Waals surface area contributed by atoms with Crippen LogP contribution in [0.3, 0.4) is 0 Å². The van der Waals surface area contributed by atoms with Crippen molar-refractivity contribution in [2.45, 2.75) is 38.6 Å². The van der Waals surface area contributed by atoms with Gasteiger partial charge in [-0.25, -0.2) is 4.98 Å². The summed E-state index contributed by atoms with van der Waals surface area (Å²) in [6.07, 6.45) is 4.65. The largest absolute Gasteiger partial charge is 0.324 e. The zero-order chi connectivity index (χ0) is 11.7. The number of aromatic nitrogens is 3. The Hall–Kier alpha value is -1.09. The van der Waals surface area contributed by atoms with Gasteiger partial charge in [-0.2, -0.15) is 0 Å². The first-order valence-corrected chi connectivity index (χ1v) is 6.04. The summed E-state index contributed by atoms with van der Waals surface area (Å²) in [5.41, 5.74) is 2.04. The molecule has 86 valence electrons. The molecule has 0 radical (unpaired) electrons. The van der Waals surface area contributed by atoms with Gasteiger partial charge in [0.15, 0.2) is 0 Å². The van der Waals surface area contributed by atoms with E-state index in [4.69, 9.17) is 11.6 Å². The van der Waals surface area contributed by atoms with Gasteiger partial charge in [0.1, 0.15) is 11.3 Å². The van der Waals surface area contributed by atoms with E-state index in [1.165, 1.54) is 0 Å². The quantitative estimate of drug-likeness (QED) is 0.762. The lowest BCUT2D eigenvalue weighted by Crippen LogP contribution is -2.08. The van der Waals surface area contributed by atoms with E-state index in [9.17, 15) is 0 Å². The van der Waals surface area contributed by atoms with Crippen molar-refractivity contribution in [1.29, 1.82) is 0 Å². The predicted octanol–water partition coefficient (Wildman–Crippen LogP) is 3.70. The Kier molecular flexibility index (Phi) is 3.15. The third-order valence-electron chi connectivity index (χ3n) is 2.91. The van der Waals surface area contributed by atoms with Crippen LogP contribution in [-0.4, -0.2) is 14.5 Å². The molecule has 2 heterocycles. The minimum atomic E-state index is -0.0820. The molecule has 0 saturated carbocycles. The van der Waals surface area contributed by atoms with E-state index in [1.54, 1.807) is 12.4 Å². The van der Waals surface area contributed by atoms with Crippen molar-refractivity contribution in [1.82, 2.24) is 14.5 Å².